The number of thiazole rings is 1. The summed E-state index contributed by atoms with van der Waals surface area (Å²) in [5, 5.41) is 13.8. The van der Waals surface area contributed by atoms with Crippen molar-refractivity contribution in [2.24, 2.45) is 0 Å². The van der Waals surface area contributed by atoms with Gasteiger partial charge in [0.2, 0.25) is 10.0 Å². The van der Waals surface area contributed by atoms with Crippen LogP contribution in [0, 0.1) is 10.1 Å². The first kappa shape index (κ1) is 15.8. The van der Waals surface area contributed by atoms with Gasteiger partial charge in [-0.1, -0.05) is 12.1 Å². The van der Waals surface area contributed by atoms with E-state index in [-0.39, 0.29) is 18.0 Å². The van der Waals surface area contributed by atoms with Crippen molar-refractivity contribution in [1.82, 2.24) is 9.29 Å². The fourth-order valence-electron chi connectivity index (χ4n) is 2.46. The maximum Gasteiger partial charge on any atom is 0.289 e. The molecule has 0 N–H and O–H groups in total. The lowest BCUT2D eigenvalue weighted by atomic mass is 10.3. The Morgan fingerprint density at radius 2 is 1.87 bits per heavy atom. The number of sulfonamides is 1. The Labute approximate surface area is 137 Å². The van der Waals surface area contributed by atoms with Gasteiger partial charge >= 0.3 is 0 Å². The molecule has 0 amide bonds. The highest BCUT2D eigenvalue weighted by atomic mass is 32.2. The van der Waals surface area contributed by atoms with Crippen molar-refractivity contribution in [3.8, 4) is 0 Å². The third kappa shape index (κ3) is 3.05. The van der Waals surface area contributed by atoms with Gasteiger partial charge in [0.15, 0.2) is 10.0 Å². The molecule has 122 valence electrons. The fraction of sp³-hybridized carbons (Fsp3) is 0.308. The minimum Gasteiger partial charge on any atom is -0.345 e. The van der Waals surface area contributed by atoms with Crippen molar-refractivity contribution in [1.29, 1.82) is 0 Å². The maximum absolute atomic E-state index is 12.7. The van der Waals surface area contributed by atoms with Crippen LogP contribution in [0.4, 0.5) is 10.8 Å². The molecule has 10 heteroatoms. The first-order chi connectivity index (χ1) is 11.0. The molecule has 2 heterocycles. The van der Waals surface area contributed by atoms with Gasteiger partial charge in [-0.05, 0) is 6.07 Å². The van der Waals surface area contributed by atoms with Gasteiger partial charge in [0.25, 0.3) is 5.69 Å². The molecule has 8 nitrogen and oxygen atoms in total. The van der Waals surface area contributed by atoms with Crippen LogP contribution in [0.3, 0.4) is 0 Å². The van der Waals surface area contributed by atoms with Crippen LogP contribution in [-0.2, 0) is 10.0 Å². The summed E-state index contributed by atoms with van der Waals surface area (Å²) in [6.07, 6.45) is 1.70. The first-order valence-electron chi connectivity index (χ1n) is 6.88. The largest absolute Gasteiger partial charge is 0.345 e. The number of aromatic nitrogens is 1. The van der Waals surface area contributed by atoms with E-state index in [4.69, 9.17) is 0 Å². The van der Waals surface area contributed by atoms with E-state index in [2.05, 4.69) is 4.98 Å². The lowest BCUT2D eigenvalue weighted by Gasteiger charge is -2.33. The van der Waals surface area contributed by atoms with Gasteiger partial charge in [0.05, 0.1) is 4.92 Å². The number of para-hydroxylation sites is 1. The molecule has 0 spiro atoms. The summed E-state index contributed by atoms with van der Waals surface area (Å²) < 4.78 is 26.7. The Balaban J connectivity index is 1.81. The second-order valence-corrected chi connectivity index (χ2v) is 7.71. The van der Waals surface area contributed by atoms with Gasteiger partial charge in [-0.25, -0.2) is 13.4 Å². The van der Waals surface area contributed by atoms with Crippen LogP contribution in [0.5, 0.6) is 0 Å². The second kappa shape index (κ2) is 6.22. The van der Waals surface area contributed by atoms with Gasteiger partial charge in [-0.2, -0.15) is 4.31 Å². The van der Waals surface area contributed by atoms with Crippen molar-refractivity contribution in [3.63, 3.8) is 0 Å². The predicted molar refractivity (Wildman–Crippen MR) is 86.2 cm³/mol. The van der Waals surface area contributed by atoms with Crippen LogP contribution in [0.25, 0.3) is 0 Å². The van der Waals surface area contributed by atoms with Gasteiger partial charge < -0.3 is 4.90 Å². The highest BCUT2D eigenvalue weighted by molar-refractivity contribution is 7.89. The van der Waals surface area contributed by atoms with Crippen LogP contribution in [0.15, 0.2) is 40.7 Å². The Bertz CT molecular complexity index is 799. The van der Waals surface area contributed by atoms with Crippen molar-refractivity contribution in [3.05, 3.63) is 46.0 Å². The van der Waals surface area contributed by atoms with Crippen molar-refractivity contribution in [2.45, 2.75) is 4.90 Å². The monoisotopic (exact) mass is 354 g/mol. The highest BCUT2D eigenvalue weighted by Crippen LogP contribution is 2.28. The maximum atomic E-state index is 12.7. The molecule has 1 aromatic carbocycles. The van der Waals surface area contributed by atoms with E-state index in [1.807, 2.05) is 10.3 Å². The molecule has 1 saturated heterocycles. The Morgan fingerprint density at radius 1 is 1.17 bits per heavy atom. The molecule has 3 rings (SSSR count). The molecule has 1 aliphatic rings. The molecule has 0 atom stereocenters. The zero-order valence-corrected chi connectivity index (χ0v) is 13.7. The lowest BCUT2D eigenvalue weighted by molar-refractivity contribution is -0.387. The number of hydrogen-bond donors (Lipinski definition) is 0. The summed E-state index contributed by atoms with van der Waals surface area (Å²) in [6.45, 7) is 1.56. The van der Waals surface area contributed by atoms with Crippen molar-refractivity contribution < 1.29 is 13.3 Å². The molecule has 0 saturated carbocycles. The van der Waals surface area contributed by atoms with E-state index in [9.17, 15) is 18.5 Å². The summed E-state index contributed by atoms with van der Waals surface area (Å²) in [6, 6.07) is 5.43. The SMILES string of the molecule is O=[N+]([O-])c1ccccc1S(=O)(=O)N1CCN(c2nccs2)CC1. The Kier molecular flexibility index (Phi) is 4.28. The second-order valence-electron chi connectivity index (χ2n) is 4.93. The zero-order valence-electron chi connectivity index (χ0n) is 12.0. The normalized spacial score (nSPS) is 16.4. The molecule has 1 aliphatic heterocycles. The lowest BCUT2D eigenvalue weighted by Crippen LogP contribution is -2.48. The summed E-state index contributed by atoms with van der Waals surface area (Å²) in [7, 11) is -3.88. The van der Waals surface area contributed by atoms with Crippen LogP contribution < -0.4 is 4.90 Å². The van der Waals surface area contributed by atoms with Crippen LogP contribution in [0.2, 0.25) is 0 Å². The summed E-state index contributed by atoms with van der Waals surface area (Å²) in [5.74, 6) is 0. The smallest absolute Gasteiger partial charge is 0.289 e. The van der Waals surface area contributed by atoms with Crippen LogP contribution in [0.1, 0.15) is 0 Å². The highest BCUT2D eigenvalue weighted by Gasteiger charge is 2.33. The molecule has 0 unspecified atom stereocenters. The molecule has 2 aromatic rings. The fourth-order valence-corrected chi connectivity index (χ4v) is 4.73. The van der Waals surface area contributed by atoms with E-state index in [1.54, 1.807) is 6.20 Å². The summed E-state index contributed by atoms with van der Waals surface area (Å²) in [5.41, 5.74) is -0.394. The van der Waals surface area contributed by atoms with E-state index in [0.717, 1.165) is 5.13 Å². The van der Waals surface area contributed by atoms with E-state index >= 15 is 0 Å². The number of piperazine rings is 1. The number of anilines is 1. The van der Waals surface area contributed by atoms with Gasteiger partial charge in [0, 0.05) is 43.8 Å². The quantitative estimate of drug-likeness (QED) is 0.611. The first-order valence-corrected chi connectivity index (χ1v) is 9.20. The number of nitro groups is 1. The average molecular weight is 354 g/mol. The number of nitro benzene ring substituents is 1. The number of rotatable bonds is 4. The molecule has 0 bridgehead atoms. The minimum absolute atomic E-state index is 0.257. The standard InChI is InChI=1S/C13H14N4O4S2/c18-17(19)11-3-1-2-4-12(11)23(20,21)16-8-6-15(7-9-16)13-14-5-10-22-13/h1-5,10H,6-9H2. The van der Waals surface area contributed by atoms with E-state index < -0.39 is 20.6 Å². The van der Waals surface area contributed by atoms with E-state index in [0.29, 0.717) is 13.1 Å². The average Bonchev–Trinajstić information content (AvgIpc) is 3.09. The van der Waals surface area contributed by atoms with Crippen LogP contribution in [-0.4, -0.2) is 48.8 Å². The number of benzene rings is 1. The predicted octanol–water partition coefficient (Wildman–Crippen LogP) is 1.56. The molecule has 23 heavy (non-hydrogen) atoms. The van der Waals surface area contributed by atoms with E-state index in [1.165, 1.54) is 39.9 Å². The third-order valence-electron chi connectivity index (χ3n) is 3.61. The molecule has 0 radical (unpaired) electrons. The molecule has 1 aromatic heterocycles. The zero-order chi connectivity index (χ0) is 16.4. The van der Waals surface area contributed by atoms with Crippen LogP contribution >= 0.6 is 11.3 Å². The Hall–Kier alpha value is -2.04. The third-order valence-corrected chi connectivity index (χ3v) is 6.39. The number of hydrogen-bond acceptors (Lipinski definition) is 7. The van der Waals surface area contributed by atoms with Crippen molar-refractivity contribution in [2.75, 3.05) is 31.1 Å². The van der Waals surface area contributed by atoms with Gasteiger partial charge in [0.1, 0.15) is 0 Å². The summed E-state index contributed by atoms with van der Waals surface area (Å²) in [4.78, 5) is 16.4. The Morgan fingerprint density at radius 3 is 2.48 bits per heavy atom. The number of nitrogens with zero attached hydrogens (tertiary/aromatic N) is 4. The molecular formula is C13H14N4O4S2. The van der Waals surface area contributed by atoms with Gasteiger partial charge in [-0.15, -0.1) is 11.3 Å². The molecule has 1 fully saturated rings. The summed E-state index contributed by atoms with van der Waals surface area (Å²) >= 11 is 1.50. The molecule has 0 aliphatic carbocycles. The van der Waals surface area contributed by atoms with Crippen molar-refractivity contribution >= 4 is 32.2 Å². The van der Waals surface area contributed by atoms with Gasteiger partial charge in [-0.3, -0.25) is 10.1 Å². The molecular weight excluding hydrogens is 340 g/mol. The minimum atomic E-state index is -3.88. The topological polar surface area (TPSA) is 96.6 Å².